The molecule has 0 atom stereocenters. The minimum atomic E-state index is -0.471. The molecule has 28 heavy (non-hydrogen) atoms. The Morgan fingerprint density at radius 1 is 1.00 bits per heavy atom. The third kappa shape index (κ3) is 6.24. The topological polar surface area (TPSA) is 76.7 Å². The van der Waals surface area contributed by atoms with Crippen LogP contribution >= 0.6 is 31.9 Å². The SMILES string of the molecule is COc1ccc(C(=O)NNC(=O)c2cc(Br)ccc2OCCC(C)C)cc1Br. The van der Waals surface area contributed by atoms with Crippen molar-refractivity contribution in [2.24, 2.45) is 5.92 Å². The van der Waals surface area contributed by atoms with E-state index < -0.39 is 11.8 Å². The largest absolute Gasteiger partial charge is 0.496 e. The van der Waals surface area contributed by atoms with Crippen LogP contribution in [0.3, 0.4) is 0 Å². The van der Waals surface area contributed by atoms with E-state index in [1.165, 1.54) is 0 Å². The van der Waals surface area contributed by atoms with E-state index in [9.17, 15) is 9.59 Å². The molecule has 2 aromatic rings. The molecule has 0 heterocycles. The van der Waals surface area contributed by atoms with E-state index in [-0.39, 0.29) is 0 Å². The number of amides is 2. The Hall–Kier alpha value is -2.06. The quantitative estimate of drug-likeness (QED) is 0.525. The summed E-state index contributed by atoms with van der Waals surface area (Å²) in [6.45, 7) is 4.71. The first-order valence-corrected chi connectivity index (χ1v) is 10.3. The van der Waals surface area contributed by atoms with Crippen molar-refractivity contribution < 1.29 is 19.1 Å². The zero-order chi connectivity index (χ0) is 20.7. The molecule has 0 aromatic heterocycles. The minimum absolute atomic E-state index is 0.328. The molecule has 0 aliphatic heterocycles. The molecule has 2 amide bonds. The lowest BCUT2D eigenvalue weighted by molar-refractivity contribution is 0.0844. The highest BCUT2D eigenvalue weighted by Crippen LogP contribution is 2.26. The van der Waals surface area contributed by atoms with Gasteiger partial charge < -0.3 is 9.47 Å². The van der Waals surface area contributed by atoms with E-state index >= 15 is 0 Å². The Kier molecular flexibility index (Phi) is 8.32. The van der Waals surface area contributed by atoms with E-state index in [1.54, 1.807) is 43.5 Å². The summed E-state index contributed by atoms with van der Waals surface area (Å²) < 4.78 is 12.3. The fourth-order valence-electron chi connectivity index (χ4n) is 2.27. The lowest BCUT2D eigenvalue weighted by atomic mass is 10.1. The van der Waals surface area contributed by atoms with Crippen LogP contribution in [0.25, 0.3) is 0 Å². The first-order chi connectivity index (χ1) is 13.3. The first kappa shape index (κ1) is 22.2. The summed E-state index contributed by atoms with van der Waals surface area (Å²) in [5.74, 6) is 0.646. The number of ether oxygens (including phenoxy) is 2. The van der Waals surface area contributed by atoms with Crippen molar-refractivity contribution in [1.82, 2.24) is 10.9 Å². The number of halogens is 2. The third-order valence-corrected chi connectivity index (χ3v) is 4.96. The van der Waals surface area contributed by atoms with Gasteiger partial charge in [0, 0.05) is 10.0 Å². The van der Waals surface area contributed by atoms with Gasteiger partial charge in [0.2, 0.25) is 0 Å². The Morgan fingerprint density at radius 3 is 2.32 bits per heavy atom. The number of rotatable bonds is 7. The lowest BCUT2D eigenvalue weighted by Crippen LogP contribution is -2.41. The van der Waals surface area contributed by atoms with Crippen LogP contribution in [-0.4, -0.2) is 25.5 Å². The first-order valence-electron chi connectivity index (χ1n) is 8.68. The Labute approximate surface area is 181 Å². The van der Waals surface area contributed by atoms with Gasteiger partial charge in [-0.05, 0) is 64.7 Å². The van der Waals surface area contributed by atoms with Gasteiger partial charge in [-0.3, -0.25) is 20.4 Å². The summed E-state index contributed by atoms with van der Waals surface area (Å²) in [6, 6.07) is 10.0. The van der Waals surface area contributed by atoms with Crippen molar-refractivity contribution in [1.29, 1.82) is 0 Å². The molecule has 6 nitrogen and oxygen atoms in total. The van der Waals surface area contributed by atoms with E-state index in [1.807, 2.05) is 0 Å². The summed E-state index contributed by atoms with van der Waals surface area (Å²) in [7, 11) is 1.54. The number of hydrogen-bond acceptors (Lipinski definition) is 4. The van der Waals surface area contributed by atoms with Crippen LogP contribution in [0, 0.1) is 5.92 Å². The molecule has 150 valence electrons. The maximum absolute atomic E-state index is 12.6. The maximum Gasteiger partial charge on any atom is 0.273 e. The molecule has 0 unspecified atom stereocenters. The molecule has 0 bridgehead atoms. The van der Waals surface area contributed by atoms with Crippen molar-refractivity contribution in [3.8, 4) is 11.5 Å². The molecule has 0 aliphatic rings. The zero-order valence-electron chi connectivity index (χ0n) is 15.8. The average Bonchev–Trinajstić information content (AvgIpc) is 2.66. The van der Waals surface area contributed by atoms with Gasteiger partial charge in [0.25, 0.3) is 11.8 Å². The molecular weight excluding hydrogens is 492 g/mol. The second kappa shape index (κ2) is 10.5. The second-order valence-electron chi connectivity index (χ2n) is 6.43. The molecule has 2 N–H and O–H groups in total. The number of carbonyl (C=O) groups is 2. The van der Waals surface area contributed by atoms with Crippen LogP contribution in [0.1, 0.15) is 41.0 Å². The third-order valence-electron chi connectivity index (χ3n) is 3.84. The molecule has 8 heteroatoms. The summed E-state index contributed by atoms with van der Waals surface area (Å²) in [4.78, 5) is 24.9. The second-order valence-corrected chi connectivity index (χ2v) is 8.20. The highest BCUT2D eigenvalue weighted by Gasteiger charge is 2.15. The Bertz CT molecular complexity index is 856. The minimum Gasteiger partial charge on any atom is -0.496 e. The van der Waals surface area contributed by atoms with Crippen molar-refractivity contribution in [2.75, 3.05) is 13.7 Å². The van der Waals surface area contributed by atoms with Crippen LogP contribution in [0.2, 0.25) is 0 Å². The standard InChI is InChI=1S/C20H22Br2N2O4/c1-12(2)8-9-28-17-7-5-14(21)11-15(17)20(26)24-23-19(25)13-4-6-18(27-3)16(22)10-13/h4-7,10-12H,8-9H2,1-3H3,(H,23,25)(H,24,26). The van der Waals surface area contributed by atoms with Gasteiger partial charge >= 0.3 is 0 Å². The predicted octanol–water partition coefficient (Wildman–Crippen LogP) is 4.72. The molecule has 0 radical (unpaired) electrons. The highest BCUT2D eigenvalue weighted by molar-refractivity contribution is 9.10. The molecule has 0 aliphatic carbocycles. The average molecular weight is 514 g/mol. The van der Waals surface area contributed by atoms with E-state index in [0.29, 0.717) is 39.6 Å². The molecule has 0 saturated heterocycles. The van der Waals surface area contributed by atoms with Crippen LogP contribution in [0.4, 0.5) is 0 Å². The molecule has 0 saturated carbocycles. The van der Waals surface area contributed by atoms with Gasteiger partial charge in [-0.2, -0.15) is 0 Å². The summed E-state index contributed by atoms with van der Waals surface area (Å²) in [5, 5.41) is 0. The monoisotopic (exact) mass is 512 g/mol. The van der Waals surface area contributed by atoms with Crippen molar-refractivity contribution >= 4 is 43.7 Å². The fourth-order valence-corrected chi connectivity index (χ4v) is 3.17. The summed E-state index contributed by atoms with van der Waals surface area (Å²) >= 11 is 6.68. The predicted molar refractivity (Wildman–Crippen MR) is 115 cm³/mol. The van der Waals surface area contributed by atoms with Gasteiger partial charge in [-0.15, -0.1) is 0 Å². The number of carbonyl (C=O) groups excluding carboxylic acids is 2. The Morgan fingerprint density at radius 2 is 1.68 bits per heavy atom. The number of hydrazine groups is 1. The van der Waals surface area contributed by atoms with Gasteiger partial charge in [-0.25, -0.2) is 0 Å². The normalized spacial score (nSPS) is 10.5. The lowest BCUT2D eigenvalue weighted by Gasteiger charge is -2.14. The molecule has 2 rings (SSSR count). The van der Waals surface area contributed by atoms with Crippen LogP contribution in [0.15, 0.2) is 45.3 Å². The highest BCUT2D eigenvalue weighted by atomic mass is 79.9. The number of methoxy groups -OCH3 is 1. The molecule has 0 fully saturated rings. The number of hydrogen-bond donors (Lipinski definition) is 2. The van der Waals surface area contributed by atoms with E-state index in [2.05, 4.69) is 56.6 Å². The number of benzene rings is 2. The summed E-state index contributed by atoms with van der Waals surface area (Å²) in [5.41, 5.74) is 5.54. The van der Waals surface area contributed by atoms with Gasteiger partial charge in [-0.1, -0.05) is 29.8 Å². The van der Waals surface area contributed by atoms with Gasteiger partial charge in [0.1, 0.15) is 11.5 Å². The molecule has 0 spiro atoms. The van der Waals surface area contributed by atoms with E-state index in [4.69, 9.17) is 9.47 Å². The van der Waals surface area contributed by atoms with Gasteiger partial charge in [0.05, 0.1) is 23.8 Å². The zero-order valence-corrected chi connectivity index (χ0v) is 19.0. The smallest absolute Gasteiger partial charge is 0.273 e. The van der Waals surface area contributed by atoms with E-state index in [0.717, 1.165) is 10.9 Å². The van der Waals surface area contributed by atoms with Crippen LogP contribution < -0.4 is 20.3 Å². The van der Waals surface area contributed by atoms with Crippen molar-refractivity contribution in [2.45, 2.75) is 20.3 Å². The van der Waals surface area contributed by atoms with Crippen LogP contribution in [0.5, 0.6) is 11.5 Å². The maximum atomic E-state index is 12.6. The number of nitrogens with one attached hydrogen (secondary N) is 2. The van der Waals surface area contributed by atoms with Crippen molar-refractivity contribution in [3.05, 3.63) is 56.5 Å². The fraction of sp³-hybridized carbons (Fsp3) is 0.300. The summed E-state index contributed by atoms with van der Waals surface area (Å²) in [6.07, 6.45) is 0.875. The Balaban J connectivity index is 2.04. The van der Waals surface area contributed by atoms with Crippen molar-refractivity contribution in [3.63, 3.8) is 0 Å². The van der Waals surface area contributed by atoms with Crippen LogP contribution in [-0.2, 0) is 0 Å². The molecule has 2 aromatic carbocycles. The van der Waals surface area contributed by atoms with Gasteiger partial charge in [0.15, 0.2) is 0 Å². The molecular formula is C20H22Br2N2O4.